The van der Waals surface area contributed by atoms with Crippen molar-refractivity contribution in [1.82, 2.24) is 4.90 Å². The standard InChI is InChI=1S/C23H25NO2/c1-16-7-8-22-20(15-16)23(19-5-3-4-6-21(19)26-22)18-10-13-24(14-11-18)12-9-17(2)25/h3-8,15H,9-14H2,1-2H3. The Bertz CT molecular complexity index is 872. The molecule has 2 aliphatic heterocycles. The number of aryl methyl sites for hydroxylation is 1. The Kier molecular flexibility index (Phi) is 4.64. The molecule has 2 aromatic carbocycles. The first kappa shape index (κ1) is 17.0. The summed E-state index contributed by atoms with van der Waals surface area (Å²) in [5, 5.41) is 0. The van der Waals surface area contributed by atoms with Gasteiger partial charge < -0.3 is 9.64 Å². The summed E-state index contributed by atoms with van der Waals surface area (Å²) in [7, 11) is 0. The molecule has 0 bridgehead atoms. The molecule has 2 aliphatic rings. The van der Waals surface area contributed by atoms with Gasteiger partial charge in [-0.1, -0.05) is 35.4 Å². The zero-order valence-corrected chi connectivity index (χ0v) is 15.5. The molecule has 0 spiro atoms. The van der Waals surface area contributed by atoms with E-state index in [0.29, 0.717) is 6.42 Å². The van der Waals surface area contributed by atoms with Crippen molar-refractivity contribution >= 4 is 11.4 Å². The molecule has 0 saturated carbocycles. The summed E-state index contributed by atoms with van der Waals surface area (Å²) in [6.45, 7) is 6.74. The van der Waals surface area contributed by atoms with Gasteiger partial charge >= 0.3 is 0 Å². The summed E-state index contributed by atoms with van der Waals surface area (Å²) < 4.78 is 6.16. The van der Waals surface area contributed by atoms with E-state index >= 15 is 0 Å². The van der Waals surface area contributed by atoms with Crippen LogP contribution in [0.3, 0.4) is 0 Å². The summed E-state index contributed by atoms with van der Waals surface area (Å²) >= 11 is 0. The van der Waals surface area contributed by atoms with Crippen molar-refractivity contribution in [3.8, 4) is 11.5 Å². The van der Waals surface area contributed by atoms with E-state index in [1.807, 2.05) is 6.07 Å². The number of ether oxygens (including phenoxy) is 1. The quantitative estimate of drug-likeness (QED) is 0.669. The second-order valence-corrected chi connectivity index (χ2v) is 7.37. The fraction of sp³-hybridized carbons (Fsp3) is 0.348. The number of fused-ring (bicyclic) bond motifs is 2. The highest BCUT2D eigenvalue weighted by Crippen LogP contribution is 2.46. The average molecular weight is 347 g/mol. The SMILES string of the molecule is CC(=O)CCN1CCC(=C2c3ccccc3Oc3ccc(C)cc32)CC1. The van der Waals surface area contributed by atoms with Crippen LogP contribution in [-0.4, -0.2) is 30.3 Å². The second kappa shape index (κ2) is 7.08. The normalized spacial score (nSPS) is 16.7. The maximum absolute atomic E-state index is 11.3. The van der Waals surface area contributed by atoms with Crippen molar-refractivity contribution < 1.29 is 9.53 Å². The lowest BCUT2D eigenvalue weighted by Gasteiger charge is -2.32. The summed E-state index contributed by atoms with van der Waals surface area (Å²) in [5.74, 6) is 2.18. The first-order valence-corrected chi connectivity index (χ1v) is 9.44. The Labute approximate surface area is 155 Å². The van der Waals surface area contributed by atoms with E-state index in [4.69, 9.17) is 4.74 Å². The van der Waals surface area contributed by atoms with E-state index in [9.17, 15) is 4.79 Å². The number of hydrogen-bond acceptors (Lipinski definition) is 3. The van der Waals surface area contributed by atoms with Crippen molar-refractivity contribution in [2.24, 2.45) is 0 Å². The van der Waals surface area contributed by atoms with Gasteiger partial charge in [-0.05, 0) is 50.5 Å². The van der Waals surface area contributed by atoms with E-state index < -0.39 is 0 Å². The maximum atomic E-state index is 11.3. The lowest BCUT2D eigenvalue weighted by molar-refractivity contribution is -0.117. The molecule has 0 N–H and O–H groups in total. The second-order valence-electron chi connectivity index (χ2n) is 7.37. The van der Waals surface area contributed by atoms with Crippen LogP contribution < -0.4 is 4.74 Å². The average Bonchev–Trinajstić information content (AvgIpc) is 2.65. The third-order valence-corrected chi connectivity index (χ3v) is 5.37. The summed E-state index contributed by atoms with van der Waals surface area (Å²) in [4.78, 5) is 13.7. The summed E-state index contributed by atoms with van der Waals surface area (Å²) in [5.41, 5.74) is 6.54. The van der Waals surface area contributed by atoms with Gasteiger partial charge in [0.15, 0.2) is 0 Å². The molecule has 0 atom stereocenters. The number of likely N-dealkylation sites (tertiary alicyclic amines) is 1. The predicted molar refractivity (Wildman–Crippen MR) is 105 cm³/mol. The Morgan fingerprint density at radius 3 is 2.54 bits per heavy atom. The van der Waals surface area contributed by atoms with E-state index in [2.05, 4.69) is 48.2 Å². The van der Waals surface area contributed by atoms with Gasteiger partial charge in [0.2, 0.25) is 0 Å². The minimum Gasteiger partial charge on any atom is -0.456 e. The van der Waals surface area contributed by atoms with E-state index in [1.54, 1.807) is 6.92 Å². The van der Waals surface area contributed by atoms with Crippen LogP contribution in [0.2, 0.25) is 0 Å². The molecule has 1 saturated heterocycles. The molecule has 4 rings (SSSR count). The number of hydrogen-bond donors (Lipinski definition) is 0. The molecule has 0 amide bonds. The van der Waals surface area contributed by atoms with Gasteiger partial charge in [-0.15, -0.1) is 0 Å². The van der Waals surface area contributed by atoms with Crippen molar-refractivity contribution in [3.63, 3.8) is 0 Å². The molecule has 0 aliphatic carbocycles. The molecule has 2 aromatic rings. The Balaban J connectivity index is 1.69. The van der Waals surface area contributed by atoms with Crippen molar-refractivity contribution in [2.45, 2.75) is 33.1 Å². The zero-order chi connectivity index (χ0) is 18.1. The van der Waals surface area contributed by atoms with Crippen LogP contribution in [0.4, 0.5) is 0 Å². The number of nitrogens with zero attached hydrogens (tertiary/aromatic N) is 1. The Hall–Kier alpha value is -2.39. The number of para-hydroxylation sites is 1. The Morgan fingerprint density at radius 2 is 1.77 bits per heavy atom. The zero-order valence-electron chi connectivity index (χ0n) is 15.5. The summed E-state index contributed by atoms with van der Waals surface area (Å²) in [6.07, 6.45) is 2.76. The van der Waals surface area contributed by atoms with Crippen LogP contribution in [-0.2, 0) is 4.79 Å². The number of Topliss-reactive ketones (excluding diaryl/α,β-unsaturated/α-hetero) is 1. The highest BCUT2D eigenvalue weighted by molar-refractivity contribution is 5.90. The first-order valence-electron chi connectivity index (χ1n) is 9.44. The molecule has 0 aromatic heterocycles. The summed E-state index contributed by atoms with van der Waals surface area (Å²) in [6, 6.07) is 14.8. The van der Waals surface area contributed by atoms with E-state index in [0.717, 1.165) is 44.0 Å². The highest BCUT2D eigenvalue weighted by Gasteiger charge is 2.26. The topological polar surface area (TPSA) is 29.5 Å². The van der Waals surface area contributed by atoms with Gasteiger partial charge in [0.1, 0.15) is 17.3 Å². The molecule has 3 nitrogen and oxygen atoms in total. The molecule has 134 valence electrons. The molecule has 1 fully saturated rings. The molecule has 26 heavy (non-hydrogen) atoms. The van der Waals surface area contributed by atoms with Gasteiger partial charge in [-0.3, -0.25) is 4.79 Å². The molecule has 2 heterocycles. The molecular weight excluding hydrogens is 322 g/mol. The third-order valence-electron chi connectivity index (χ3n) is 5.37. The van der Waals surface area contributed by atoms with Crippen LogP contribution in [0.5, 0.6) is 11.5 Å². The third kappa shape index (κ3) is 3.32. The van der Waals surface area contributed by atoms with Crippen LogP contribution in [0.1, 0.15) is 42.9 Å². The smallest absolute Gasteiger partial charge is 0.135 e. The highest BCUT2D eigenvalue weighted by atomic mass is 16.5. The minimum absolute atomic E-state index is 0.275. The molecule has 0 radical (unpaired) electrons. The number of benzene rings is 2. The van der Waals surface area contributed by atoms with Crippen molar-refractivity contribution in [2.75, 3.05) is 19.6 Å². The van der Waals surface area contributed by atoms with Crippen LogP contribution in [0.25, 0.3) is 5.57 Å². The van der Waals surface area contributed by atoms with Crippen molar-refractivity contribution in [1.29, 1.82) is 0 Å². The fourth-order valence-corrected chi connectivity index (χ4v) is 3.95. The van der Waals surface area contributed by atoms with Gasteiger partial charge in [0.25, 0.3) is 0 Å². The van der Waals surface area contributed by atoms with Gasteiger partial charge in [0.05, 0.1) is 0 Å². The number of carbonyl (C=O) groups excluding carboxylic acids is 1. The number of ketones is 1. The fourth-order valence-electron chi connectivity index (χ4n) is 3.95. The van der Waals surface area contributed by atoms with Crippen LogP contribution >= 0.6 is 0 Å². The van der Waals surface area contributed by atoms with Crippen LogP contribution in [0, 0.1) is 6.92 Å². The van der Waals surface area contributed by atoms with Gasteiger partial charge in [-0.2, -0.15) is 0 Å². The lowest BCUT2D eigenvalue weighted by Crippen LogP contribution is -2.32. The molecular formula is C23H25NO2. The first-order chi connectivity index (χ1) is 12.6. The Morgan fingerprint density at radius 1 is 1.04 bits per heavy atom. The molecule has 3 heteroatoms. The number of rotatable bonds is 3. The molecule has 0 unspecified atom stereocenters. The van der Waals surface area contributed by atoms with E-state index in [-0.39, 0.29) is 5.78 Å². The minimum atomic E-state index is 0.275. The van der Waals surface area contributed by atoms with E-state index in [1.165, 1.54) is 27.8 Å². The van der Waals surface area contributed by atoms with Crippen molar-refractivity contribution in [3.05, 3.63) is 64.7 Å². The van der Waals surface area contributed by atoms with Crippen LogP contribution in [0.15, 0.2) is 48.0 Å². The van der Waals surface area contributed by atoms with Gasteiger partial charge in [-0.25, -0.2) is 0 Å². The lowest BCUT2D eigenvalue weighted by atomic mass is 9.85. The monoisotopic (exact) mass is 347 g/mol. The predicted octanol–water partition coefficient (Wildman–Crippen LogP) is 4.98. The largest absolute Gasteiger partial charge is 0.456 e. The number of piperidine rings is 1. The maximum Gasteiger partial charge on any atom is 0.135 e. The number of carbonyl (C=O) groups is 1. The van der Waals surface area contributed by atoms with Gasteiger partial charge in [0, 0.05) is 37.2 Å².